The number of nitro benzene ring substituents is 1. The molecule has 0 fully saturated rings. The highest BCUT2D eigenvalue weighted by Crippen LogP contribution is 2.35. The first-order valence-corrected chi connectivity index (χ1v) is 6.53. The summed E-state index contributed by atoms with van der Waals surface area (Å²) in [7, 11) is 1.92. The van der Waals surface area contributed by atoms with Crippen molar-refractivity contribution in [1.29, 1.82) is 0 Å². The van der Waals surface area contributed by atoms with Crippen LogP contribution in [-0.4, -0.2) is 12.0 Å². The van der Waals surface area contributed by atoms with Crippen molar-refractivity contribution < 1.29 is 4.92 Å². The lowest BCUT2D eigenvalue weighted by Crippen LogP contribution is -2.11. The molecule has 0 saturated heterocycles. The van der Waals surface area contributed by atoms with Gasteiger partial charge in [0.2, 0.25) is 0 Å². The lowest BCUT2D eigenvalue weighted by atomic mass is 10.1. The third-order valence-electron chi connectivity index (χ3n) is 3.21. The van der Waals surface area contributed by atoms with E-state index in [0.29, 0.717) is 0 Å². The Morgan fingerprint density at radius 1 is 1.20 bits per heavy atom. The molecule has 2 rings (SSSR count). The summed E-state index contributed by atoms with van der Waals surface area (Å²) in [5, 5.41) is 11.0. The number of nitro groups is 1. The zero-order valence-electron chi connectivity index (χ0n) is 11.6. The molecule has 0 bridgehead atoms. The van der Waals surface area contributed by atoms with Gasteiger partial charge in [0, 0.05) is 24.5 Å². The second-order valence-corrected chi connectivity index (χ2v) is 5.15. The largest absolute Gasteiger partial charge is 0.344 e. The molecule has 0 N–H and O–H groups in total. The normalized spacial score (nSPS) is 10.4. The van der Waals surface area contributed by atoms with E-state index in [2.05, 4.69) is 6.07 Å². The zero-order chi connectivity index (χ0) is 14.9. The fourth-order valence-electron chi connectivity index (χ4n) is 2.13. The van der Waals surface area contributed by atoms with Gasteiger partial charge in [-0.25, -0.2) is 0 Å². The number of hydrogen-bond acceptors (Lipinski definition) is 3. The number of halogens is 1. The van der Waals surface area contributed by atoms with Gasteiger partial charge in [0.1, 0.15) is 5.02 Å². The van der Waals surface area contributed by atoms with Crippen molar-refractivity contribution in [2.75, 3.05) is 11.9 Å². The van der Waals surface area contributed by atoms with Crippen molar-refractivity contribution in [2.24, 2.45) is 0 Å². The molecule has 2 aromatic rings. The van der Waals surface area contributed by atoms with Gasteiger partial charge in [-0.3, -0.25) is 10.1 Å². The average molecular weight is 291 g/mol. The van der Waals surface area contributed by atoms with E-state index in [4.69, 9.17) is 11.6 Å². The van der Waals surface area contributed by atoms with E-state index >= 15 is 0 Å². The van der Waals surface area contributed by atoms with Crippen molar-refractivity contribution in [1.82, 2.24) is 0 Å². The van der Waals surface area contributed by atoms with Crippen molar-refractivity contribution in [2.45, 2.75) is 13.8 Å². The Balaban J connectivity index is 2.48. The van der Waals surface area contributed by atoms with Crippen LogP contribution in [0.25, 0.3) is 0 Å². The molecule has 0 aromatic heterocycles. The number of hydrogen-bond donors (Lipinski definition) is 0. The molecule has 0 aliphatic rings. The average Bonchev–Trinajstić information content (AvgIpc) is 2.40. The molecule has 0 spiro atoms. The topological polar surface area (TPSA) is 46.4 Å². The maximum atomic E-state index is 10.9. The summed E-state index contributed by atoms with van der Waals surface area (Å²) in [4.78, 5) is 12.4. The van der Waals surface area contributed by atoms with Gasteiger partial charge in [0.15, 0.2) is 0 Å². The summed E-state index contributed by atoms with van der Waals surface area (Å²) >= 11 is 5.99. The molecule has 0 amide bonds. The van der Waals surface area contributed by atoms with Crippen molar-refractivity contribution in [3.05, 3.63) is 62.7 Å². The summed E-state index contributed by atoms with van der Waals surface area (Å²) in [5.41, 5.74) is 3.76. The summed E-state index contributed by atoms with van der Waals surface area (Å²) in [6.07, 6.45) is 0. The highest BCUT2D eigenvalue weighted by atomic mass is 35.5. The first-order valence-electron chi connectivity index (χ1n) is 6.15. The standard InChI is InChI=1S/C15H15ClN2O2/c1-10-5-4-6-12(7-10)17(3)14-9-13(16)15(18(19)20)8-11(14)2/h4-9H,1-3H3. The van der Waals surface area contributed by atoms with E-state index in [-0.39, 0.29) is 10.7 Å². The van der Waals surface area contributed by atoms with Gasteiger partial charge in [-0.05, 0) is 43.2 Å². The van der Waals surface area contributed by atoms with Gasteiger partial charge in [0.05, 0.1) is 4.92 Å². The van der Waals surface area contributed by atoms with Gasteiger partial charge < -0.3 is 4.90 Å². The van der Waals surface area contributed by atoms with Gasteiger partial charge in [-0.2, -0.15) is 0 Å². The lowest BCUT2D eigenvalue weighted by Gasteiger charge is -2.22. The summed E-state index contributed by atoms with van der Waals surface area (Å²) in [6.45, 7) is 3.86. The van der Waals surface area contributed by atoms with E-state index in [9.17, 15) is 10.1 Å². The smallest absolute Gasteiger partial charge is 0.288 e. The van der Waals surface area contributed by atoms with Gasteiger partial charge in [-0.1, -0.05) is 23.7 Å². The molecule has 0 radical (unpaired) electrons. The van der Waals surface area contributed by atoms with E-state index in [1.807, 2.05) is 44.0 Å². The van der Waals surface area contributed by atoms with Crippen LogP contribution in [0.1, 0.15) is 11.1 Å². The molecular weight excluding hydrogens is 276 g/mol. The minimum atomic E-state index is -0.466. The molecule has 0 heterocycles. The van der Waals surface area contributed by atoms with Crippen molar-refractivity contribution in [3.63, 3.8) is 0 Å². The Labute approximate surface area is 122 Å². The number of nitrogens with zero attached hydrogens (tertiary/aromatic N) is 2. The summed E-state index contributed by atoms with van der Waals surface area (Å²) in [5.74, 6) is 0. The number of anilines is 2. The third-order valence-corrected chi connectivity index (χ3v) is 3.52. The molecule has 2 aromatic carbocycles. The van der Waals surface area contributed by atoms with Crippen LogP contribution in [0.5, 0.6) is 0 Å². The van der Waals surface area contributed by atoms with E-state index < -0.39 is 4.92 Å². The lowest BCUT2D eigenvalue weighted by molar-refractivity contribution is -0.384. The van der Waals surface area contributed by atoms with Crippen LogP contribution in [0.3, 0.4) is 0 Å². The van der Waals surface area contributed by atoms with Crippen LogP contribution in [0.4, 0.5) is 17.1 Å². The first-order chi connectivity index (χ1) is 9.40. The summed E-state index contributed by atoms with van der Waals surface area (Å²) in [6, 6.07) is 11.2. The SMILES string of the molecule is Cc1cccc(N(C)c2cc(Cl)c([N+](=O)[O-])cc2C)c1. The predicted octanol–water partition coefficient (Wildman–Crippen LogP) is 4.63. The van der Waals surface area contributed by atoms with Crippen LogP contribution in [0, 0.1) is 24.0 Å². The number of benzene rings is 2. The number of aryl methyl sites for hydroxylation is 2. The molecular formula is C15H15ClN2O2. The molecule has 0 aliphatic carbocycles. The molecule has 0 unspecified atom stereocenters. The predicted molar refractivity (Wildman–Crippen MR) is 82.1 cm³/mol. The molecule has 5 heteroatoms. The Bertz CT molecular complexity index is 671. The van der Waals surface area contributed by atoms with Gasteiger partial charge in [0.25, 0.3) is 5.69 Å². The Morgan fingerprint density at radius 3 is 2.50 bits per heavy atom. The maximum Gasteiger partial charge on any atom is 0.288 e. The fraction of sp³-hybridized carbons (Fsp3) is 0.200. The molecule has 104 valence electrons. The van der Waals surface area contributed by atoms with Crippen LogP contribution in [-0.2, 0) is 0 Å². The highest BCUT2D eigenvalue weighted by Gasteiger charge is 2.17. The van der Waals surface area contributed by atoms with E-state index in [0.717, 1.165) is 22.5 Å². The zero-order valence-corrected chi connectivity index (χ0v) is 12.3. The quantitative estimate of drug-likeness (QED) is 0.611. The molecule has 0 saturated carbocycles. The van der Waals surface area contributed by atoms with Crippen LogP contribution in [0.15, 0.2) is 36.4 Å². The minimum absolute atomic E-state index is 0.0643. The second kappa shape index (κ2) is 5.51. The number of rotatable bonds is 3. The second-order valence-electron chi connectivity index (χ2n) is 4.75. The van der Waals surface area contributed by atoms with Gasteiger partial charge in [-0.15, -0.1) is 0 Å². The first kappa shape index (κ1) is 14.3. The highest BCUT2D eigenvalue weighted by molar-refractivity contribution is 6.33. The molecule has 20 heavy (non-hydrogen) atoms. The monoisotopic (exact) mass is 290 g/mol. The molecule has 0 aliphatic heterocycles. The van der Waals surface area contributed by atoms with Crippen LogP contribution in [0.2, 0.25) is 5.02 Å². The Hall–Kier alpha value is -2.07. The van der Waals surface area contributed by atoms with Gasteiger partial charge >= 0.3 is 0 Å². The Kier molecular flexibility index (Phi) is 3.95. The maximum absolute atomic E-state index is 10.9. The minimum Gasteiger partial charge on any atom is -0.344 e. The van der Waals surface area contributed by atoms with E-state index in [1.54, 1.807) is 6.07 Å². The van der Waals surface area contributed by atoms with Crippen LogP contribution < -0.4 is 4.90 Å². The fourth-order valence-corrected chi connectivity index (χ4v) is 2.36. The van der Waals surface area contributed by atoms with E-state index in [1.165, 1.54) is 6.07 Å². The Morgan fingerprint density at radius 2 is 1.90 bits per heavy atom. The third kappa shape index (κ3) is 2.75. The van der Waals surface area contributed by atoms with Crippen LogP contribution >= 0.6 is 11.6 Å². The van der Waals surface area contributed by atoms with Crippen molar-refractivity contribution >= 4 is 28.7 Å². The summed E-state index contributed by atoms with van der Waals surface area (Å²) < 4.78 is 0. The van der Waals surface area contributed by atoms with Crippen molar-refractivity contribution in [3.8, 4) is 0 Å². The molecule has 0 atom stereocenters. The molecule has 4 nitrogen and oxygen atoms in total.